The molecule has 210 valence electrons. The highest BCUT2D eigenvalue weighted by Crippen LogP contribution is 2.12. The van der Waals surface area contributed by atoms with Crippen molar-refractivity contribution in [3.05, 3.63) is 65.7 Å². The number of nitrogens with two attached hydrogens (primary N) is 1. The number of rotatable bonds is 15. The Bertz CT molecular complexity index is 1150. The number of amides is 3. The number of thiol groups is 1. The van der Waals surface area contributed by atoms with Crippen LogP contribution >= 0.6 is 12.6 Å². The standard InChI is InChI=1S/C26H32N4O8S/c27-18(12-15-4-2-1-3-5-15)23(34)28-19(10-11-22(32)33)24(35)30-21(14-39)25(36)29-20(26(37)38)13-16-6-8-17(31)9-7-16/h1-9,18-21,31,39H,10-14,27H2,(H,28,34)(H,29,36)(H,30,35)(H,32,33)(H,37,38). The van der Waals surface area contributed by atoms with Crippen LogP contribution in [-0.4, -0.2) is 74.9 Å². The molecule has 0 aliphatic heterocycles. The maximum atomic E-state index is 13.0. The second-order valence-corrected chi connectivity index (χ2v) is 9.17. The summed E-state index contributed by atoms with van der Waals surface area (Å²) in [7, 11) is 0. The third kappa shape index (κ3) is 10.7. The first-order valence-electron chi connectivity index (χ1n) is 12.0. The van der Waals surface area contributed by atoms with Crippen molar-refractivity contribution in [1.82, 2.24) is 16.0 Å². The Hall–Kier alpha value is -4.10. The summed E-state index contributed by atoms with van der Waals surface area (Å²) in [6.45, 7) is 0. The first kappa shape index (κ1) is 31.1. The Morgan fingerprint density at radius 1 is 0.744 bits per heavy atom. The molecule has 3 amide bonds. The van der Waals surface area contributed by atoms with E-state index in [0.29, 0.717) is 5.56 Å². The highest BCUT2D eigenvalue weighted by Gasteiger charge is 2.30. The topological polar surface area (TPSA) is 208 Å². The summed E-state index contributed by atoms with van der Waals surface area (Å²) in [5.74, 6) is -5.10. The van der Waals surface area contributed by atoms with E-state index in [1.165, 1.54) is 24.3 Å². The van der Waals surface area contributed by atoms with E-state index in [2.05, 4.69) is 28.6 Å². The third-order valence-corrected chi connectivity index (χ3v) is 6.09. The molecule has 8 N–H and O–H groups in total. The lowest BCUT2D eigenvalue weighted by Crippen LogP contribution is -2.58. The van der Waals surface area contributed by atoms with Crippen LogP contribution in [0.3, 0.4) is 0 Å². The van der Waals surface area contributed by atoms with E-state index >= 15 is 0 Å². The van der Waals surface area contributed by atoms with Gasteiger partial charge in [0, 0.05) is 18.6 Å². The van der Waals surface area contributed by atoms with Gasteiger partial charge in [0.05, 0.1) is 6.04 Å². The summed E-state index contributed by atoms with van der Waals surface area (Å²) in [5, 5.41) is 35.2. The van der Waals surface area contributed by atoms with Crippen molar-refractivity contribution >= 4 is 42.3 Å². The Labute approximate surface area is 230 Å². The zero-order valence-electron chi connectivity index (χ0n) is 20.9. The number of carboxylic acids is 2. The highest BCUT2D eigenvalue weighted by molar-refractivity contribution is 7.80. The molecule has 39 heavy (non-hydrogen) atoms. The van der Waals surface area contributed by atoms with Crippen LogP contribution < -0.4 is 21.7 Å². The quantitative estimate of drug-likeness (QED) is 0.136. The molecule has 2 aromatic rings. The Kier molecular flexibility index (Phi) is 12.2. The molecule has 2 rings (SSSR count). The molecule has 2 aromatic carbocycles. The van der Waals surface area contributed by atoms with Crippen LogP contribution in [0, 0.1) is 0 Å². The number of benzene rings is 2. The van der Waals surface area contributed by atoms with Crippen LogP contribution in [0.15, 0.2) is 54.6 Å². The number of nitrogens with one attached hydrogen (secondary N) is 3. The number of aliphatic carboxylic acids is 2. The molecule has 0 aromatic heterocycles. The summed E-state index contributed by atoms with van der Waals surface area (Å²) >= 11 is 4.07. The molecule has 0 fully saturated rings. The predicted octanol–water partition coefficient (Wildman–Crippen LogP) is -0.162. The summed E-state index contributed by atoms with van der Waals surface area (Å²) in [6, 6.07) is 9.73. The van der Waals surface area contributed by atoms with Gasteiger partial charge in [-0.25, -0.2) is 4.79 Å². The van der Waals surface area contributed by atoms with Gasteiger partial charge in [-0.1, -0.05) is 42.5 Å². The maximum absolute atomic E-state index is 13.0. The van der Waals surface area contributed by atoms with Crippen LogP contribution in [-0.2, 0) is 36.8 Å². The van der Waals surface area contributed by atoms with Gasteiger partial charge < -0.3 is 37.0 Å². The molecule has 12 nitrogen and oxygen atoms in total. The number of carbonyl (C=O) groups is 5. The fourth-order valence-corrected chi connectivity index (χ4v) is 3.84. The van der Waals surface area contributed by atoms with E-state index in [9.17, 15) is 34.2 Å². The van der Waals surface area contributed by atoms with Gasteiger partial charge in [-0.15, -0.1) is 0 Å². The lowest BCUT2D eigenvalue weighted by atomic mass is 10.0. The molecule has 0 aliphatic rings. The predicted molar refractivity (Wildman–Crippen MR) is 144 cm³/mol. The van der Waals surface area contributed by atoms with Crippen LogP contribution in [0.1, 0.15) is 24.0 Å². The summed E-state index contributed by atoms with van der Waals surface area (Å²) in [5.41, 5.74) is 7.31. The number of carboxylic acid groups (broad SMARTS) is 2. The minimum Gasteiger partial charge on any atom is -0.508 e. The normalized spacial score (nSPS) is 13.8. The van der Waals surface area contributed by atoms with Gasteiger partial charge in [0.15, 0.2) is 0 Å². The van der Waals surface area contributed by atoms with E-state index < -0.39 is 60.2 Å². The first-order chi connectivity index (χ1) is 18.5. The zero-order chi connectivity index (χ0) is 28.9. The summed E-state index contributed by atoms with van der Waals surface area (Å²) in [6.07, 6.45) is -0.632. The molecule has 4 unspecified atom stereocenters. The highest BCUT2D eigenvalue weighted by atomic mass is 32.1. The molecule has 13 heteroatoms. The van der Waals surface area contributed by atoms with Crippen molar-refractivity contribution in [3.63, 3.8) is 0 Å². The van der Waals surface area contributed by atoms with Gasteiger partial charge in [-0.05, 0) is 36.1 Å². The summed E-state index contributed by atoms with van der Waals surface area (Å²) in [4.78, 5) is 61.3. The van der Waals surface area contributed by atoms with E-state index in [-0.39, 0.29) is 30.8 Å². The van der Waals surface area contributed by atoms with Gasteiger partial charge in [0.1, 0.15) is 23.9 Å². The molecule has 4 atom stereocenters. The first-order valence-corrected chi connectivity index (χ1v) is 12.7. The van der Waals surface area contributed by atoms with Crippen LogP contribution in [0.25, 0.3) is 0 Å². The van der Waals surface area contributed by atoms with E-state index in [0.717, 1.165) is 5.56 Å². The maximum Gasteiger partial charge on any atom is 0.326 e. The van der Waals surface area contributed by atoms with E-state index in [1.54, 1.807) is 30.3 Å². The Balaban J connectivity index is 2.06. The van der Waals surface area contributed by atoms with Crippen molar-refractivity contribution in [3.8, 4) is 5.75 Å². The molecule has 0 saturated carbocycles. The monoisotopic (exact) mass is 560 g/mol. The van der Waals surface area contributed by atoms with Gasteiger partial charge in [-0.2, -0.15) is 12.6 Å². The SMILES string of the molecule is NC(Cc1ccccc1)C(=O)NC(CCC(=O)O)C(=O)NC(CS)C(=O)NC(Cc1ccc(O)cc1)C(=O)O. The zero-order valence-corrected chi connectivity index (χ0v) is 21.8. The van der Waals surface area contributed by atoms with E-state index in [1.807, 2.05) is 0 Å². The van der Waals surface area contributed by atoms with Crippen LogP contribution in [0.5, 0.6) is 5.75 Å². The molecular weight excluding hydrogens is 528 g/mol. The number of hydrogen-bond donors (Lipinski definition) is 8. The van der Waals surface area contributed by atoms with Crippen molar-refractivity contribution in [2.45, 2.75) is 49.9 Å². The van der Waals surface area contributed by atoms with Crippen molar-refractivity contribution in [2.24, 2.45) is 5.73 Å². The third-order valence-electron chi connectivity index (χ3n) is 5.72. The van der Waals surface area contributed by atoms with Gasteiger partial charge in [0.2, 0.25) is 17.7 Å². The number of phenolic OH excluding ortho intramolecular Hbond substituents is 1. The van der Waals surface area contributed by atoms with Crippen LogP contribution in [0.2, 0.25) is 0 Å². The lowest BCUT2D eigenvalue weighted by molar-refractivity contribution is -0.142. The van der Waals surface area contributed by atoms with Crippen molar-refractivity contribution in [1.29, 1.82) is 0 Å². The Morgan fingerprint density at radius 3 is 1.85 bits per heavy atom. The van der Waals surface area contributed by atoms with Crippen molar-refractivity contribution in [2.75, 3.05) is 5.75 Å². The minimum absolute atomic E-state index is 0.00178. The average Bonchev–Trinajstić information content (AvgIpc) is 2.90. The lowest BCUT2D eigenvalue weighted by Gasteiger charge is -2.24. The fraction of sp³-hybridized carbons (Fsp3) is 0.346. The fourth-order valence-electron chi connectivity index (χ4n) is 3.58. The summed E-state index contributed by atoms with van der Waals surface area (Å²) < 4.78 is 0. The smallest absolute Gasteiger partial charge is 0.326 e. The molecule has 0 aliphatic carbocycles. The molecule has 0 saturated heterocycles. The number of hydrogen-bond acceptors (Lipinski definition) is 8. The van der Waals surface area contributed by atoms with Gasteiger partial charge in [-0.3, -0.25) is 19.2 Å². The molecule has 0 radical (unpaired) electrons. The number of carbonyl (C=O) groups excluding carboxylic acids is 3. The van der Waals surface area contributed by atoms with Gasteiger partial charge >= 0.3 is 11.9 Å². The largest absolute Gasteiger partial charge is 0.508 e. The molecule has 0 spiro atoms. The molecule has 0 bridgehead atoms. The number of phenols is 1. The molecular formula is C26H32N4O8S. The Morgan fingerprint density at radius 2 is 1.28 bits per heavy atom. The second kappa shape index (κ2) is 15.3. The average molecular weight is 561 g/mol. The molecule has 0 heterocycles. The van der Waals surface area contributed by atoms with Gasteiger partial charge in [0.25, 0.3) is 0 Å². The van der Waals surface area contributed by atoms with Crippen LogP contribution in [0.4, 0.5) is 0 Å². The second-order valence-electron chi connectivity index (χ2n) is 8.80. The number of aromatic hydroxyl groups is 1. The minimum atomic E-state index is -1.35. The van der Waals surface area contributed by atoms with E-state index in [4.69, 9.17) is 10.8 Å². The van der Waals surface area contributed by atoms with Crippen molar-refractivity contribution < 1.29 is 39.3 Å².